The highest BCUT2D eigenvalue weighted by molar-refractivity contribution is 5.95. The van der Waals surface area contributed by atoms with Crippen molar-refractivity contribution in [2.24, 2.45) is 0 Å². The van der Waals surface area contributed by atoms with Gasteiger partial charge in [0.15, 0.2) is 6.10 Å². The van der Waals surface area contributed by atoms with Crippen LogP contribution in [0.5, 0.6) is 0 Å². The third kappa shape index (κ3) is 13.5. The van der Waals surface area contributed by atoms with Crippen LogP contribution in [0.1, 0.15) is 131 Å². The van der Waals surface area contributed by atoms with Crippen molar-refractivity contribution in [1.82, 2.24) is 0 Å². The van der Waals surface area contributed by atoms with Crippen molar-refractivity contribution in [3.05, 3.63) is 83.9 Å². The summed E-state index contributed by atoms with van der Waals surface area (Å²) in [4.78, 5) is 36.0. The van der Waals surface area contributed by atoms with Crippen LogP contribution in [-0.4, -0.2) is 30.8 Å². The number of benzene rings is 3. The van der Waals surface area contributed by atoms with Crippen LogP contribution in [-0.2, 0) is 14.5 Å². The predicted molar refractivity (Wildman–Crippen MR) is 185 cm³/mol. The summed E-state index contributed by atoms with van der Waals surface area (Å²) >= 11 is 0. The van der Waals surface area contributed by atoms with Crippen LogP contribution >= 0.6 is 0 Å². The maximum absolute atomic E-state index is 13.7. The van der Waals surface area contributed by atoms with E-state index in [2.05, 4.69) is 13.8 Å². The highest BCUT2D eigenvalue weighted by Crippen LogP contribution is 2.34. The number of carbonyl (C=O) groups is 2. The molecule has 3 aromatic rings. The molecule has 0 amide bonds. The van der Waals surface area contributed by atoms with Crippen LogP contribution in [0, 0.1) is 0 Å². The molecule has 1 atom stereocenters. The molecule has 48 heavy (non-hydrogen) atoms. The second kappa shape index (κ2) is 21.3. The molecule has 0 bridgehead atoms. The number of ether oxygens (including phenoxy) is 1. The first-order chi connectivity index (χ1) is 23.2. The highest BCUT2D eigenvalue weighted by atomic mass is 19.4. The molecule has 0 spiro atoms. The Kier molecular flexibility index (Phi) is 17.3. The van der Waals surface area contributed by atoms with E-state index in [1.165, 1.54) is 44.2 Å². The number of hydrogen-bond acceptors (Lipinski definition) is 5. The zero-order valence-corrected chi connectivity index (χ0v) is 28.5. The van der Waals surface area contributed by atoms with E-state index in [1.807, 2.05) is 36.4 Å². The molecule has 0 radical (unpaired) electrons. The zero-order valence-electron chi connectivity index (χ0n) is 28.5. The Balaban J connectivity index is 1.66. The number of alkyl halides is 3. The van der Waals surface area contributed by atoms with Crippen LogP contribution in [0.4, 0.5) is 13.2 Å². The standard InChI is InChI=1S/C40H51F3O5/c1-3-5-7-9-11-12-14-19-29-46-48-39(45)34-27-28-35(31-20-16-15-17-21-31)36(30-34)32-23-25-33(26-24-32)38(44)47-37(40(41,42)43)22-18-13-10-8-6-4-2/h15-17,20-21,23-28,30,37H,3-14,18-19,22,29H2,1-2H3. The molecular weight excluding hydrogens is 617 g/mol. The molecule has 1 unspecified atom stereocenters. The molecule has 0 N–H and O–H groups in total. The van der Waals surface area contributed by atoms with Gasteiger partial charge in [0.05, 0.1) is 17.7 Å². The fourth-order valence-electron chi connectivity index (χ4n) is 5.60. The van der Waals surface area contributed by atoms with Crippen LogP contribution in [0.15, 0.2) is 72.8 Å². The number of carbonyl (C=O) groups excluding carboxylic acids is 2. The Morgan fingerprint density at radius 2 is 1.15 bits per heavy atom. The highest BCUT2D eigenvalue weighted by Gasteiger charge is 2.42. The Bertz CT molecular complexity index is 1360. The molecule has 0 aliphatic rings. The number of rotatable bonds is 22. The van der Waals surface area contributed by atoms with Gasteiger partial charge in [0.1, 0.15) is 0 Å². The molecule has 0 saturated heterocycles. The molecule has 0 fully saturated rings. The molecule has 0 saturated carbocycles. The Hall–Kier alpha value is -3.65. The molecule has 0 aliphatic carbocycles. The summed E-state index contributed by atoms with van der Waals surface area (Å²) in [5.41, 5.74) is 3.39. The van der Waals surface area contributed by atoms with E-state index < -0.39 is 24.2 Å². The van der Waals surface area contributed by atoms with Gasteiger partial charge >= 0.3 is 18.1 Å². The van der Waals surface area contributed by atoms with Gasteiger partial charge in [-0.25, -0.2) is 9.59 Å². The van der Waals surface area contributed by atoms with Crippen molar-refractivity contribution in [2.45, 2.75) is 122 Å². The molecular formula is C40H51F3O5. The van der Waals surface area contributed by atoms with Crippen molar-refractivity contribution in [1.29, 1.82) is 0 Å². The molecule has 0 aliphatic heterocycles. The lowest BCUT2D eigenvalue weighted by molar-refractivity contribution is -0.241. The Morgan fingerprint density at radius 1 is 0.604 bits per heavy atom. The van der Waals surface area contributed by atoms with Gasteiger partial charge in [-0.2, -0.15) is 18.1 Å². The smallest absolute Gasteiger partial charge is 0.425 e. The summed E-state index contributed by atoms with van der Waals surface area (Å²) < 4.78 is 46.0. The van der Waals surface area contributed by atoms with E-state index in [1.54, 1.807) is 24.3 Å². The normalized spacial score (nSPS) is 12.1. The van der Waals surface area contributed by atoms with E-state index in [0.717, 1.165) is 56.1 Å². The third-order valence-electron chi connectivity index (χ3n) is 8.42. The summed E-state index contributed by atoms with van der Waals surface area (Å²) in [6.07, 6.45) is 7.09. The quantitative estimate of drug-likeness (QED) is 0.0461. The fourth-order valence-corrected chi connectivity index (χ4v) is 5.60. The van der Waals surface area contributed by atoms with Gasteiger partial charge < -0.3 is 4.74 Å². The maximum Gasteiger partial charge on any atom is 0.425 e. The van der Waals surface area contributed by atoms with Gasteiger partial charge in [-0.1, -0.05) is 139 Å². The predicted octanol–water partition coefficient (Wildman–Crippen LogP) is 12.1. The summed E-state index contributed by atoms with van der Waals surface area (Å²) in [5.74, 6) is -1.65. The summed E-state index contributed by atoms with van der Waals surface area (Å²) in [6.45, 7) is 4.60. The minimum atomic E-state index is -4.64. The average Bonchev–Trinajstić information content (AvgIpc) is 3.09. The molecule has 3 rings (SSSR count). The third-order valence-corrected chi connectivity index (χ3v) is 8.42. The lowest BCUT2D eigenvalue weighted by Crippen LogP contribution is -2.33. The summed E-state index contributed by atoms with van der Waals surface area (Å²) in [6, 6.07) is 20.9. The first kappa shape index (κ1) is 38.8. The second-order valence-corrected chi connectivity index (χ2v) is 12.4. The first-order valence-electron chi connectivity index (χ1n) is 17.7. The number of hydrogen-bond donors (Lipinski definition) is 0. The monoisotopic (exact) mass is 668 g/mol. The van der Waals surface area contributed by atoms with Gasteiger partial charge in [0.25, 0.3) is 0 Å². The van der Waals surface area contributed by atoms with E-state index >= 15 is 0 Å². The van der Waals surface area contributed by atoms with E-state index in [0.29, 0.717) is 30.6 Å². The minimum absolute atomic E-state index is 0.0159. The van der Waals surface area contributed by atoms with E-state index in [-0.39, 0.29) is 17.5 Å². The molecule has 5 nitrogen and oxygen atoms in total. The van der Waals surface area contributed by atoms with Crippen LogP contribution in [0.3, 0.4) is 0 Å². The van der Waals surface area contributed by atoms with Gasteiger partial charge in [-0.05, 0) is 65.8 Å². The summed E-state index contributed by atoms with van der Waals surface area (Å²) in [5, 5.41) is 0. The molecule has 262 valence electrons. The van der Waals surface area contributed by atoms with Crippen LogP contribution in [0.2, 0.25) is 0 Å². The first-order valence-corrected chi connectivity index (χ1v) is 17.7. The molecule has 0 aromatic heterocycles. The van der Waals surface area contributed by atoms with Crippen molar-refractivity contribution in [2.75, 3.05) is 6.61 Å². The number of halogens is 3. The molecule has 0 heterocycles. The van der Waals surface area contributed by atoms with E-state index in [4.69, 9.17) is 14.5 Å². The Labute approximate surface area is 284 Å². The molecule has 8 heteroatoms. The lowest BCUT2D eigenvalue weighted by atomic mass is 9.92. The minimum Gasteiger partial charge on any atom is -0.449 e. The van der Waals surface area contributed by atoms with Crippen LogP contribution in [0.25, 0.3) is 22.3 Å². The number of unbranched alkanes of at least 4 members (excludes halogenated alkanes) is 12. The average molecular weight is 669 g/mol. The van der Waals surface area contributed by atoms with Crippen molar-refractivity contribution in [3.63, 3.8) is 0 Å². The summed E-state index contributed by atoms with van der Waals surface area (Å²) in [7, 11) is 0. The van der Waals surface area contributed by atoms with Gasteiger partial charge in [-0.15, -0.1) is 0 Å². The van der Waals surface area contributed by atoms with Crippen LogP contribution < -0.4 is 0 Å². The molecule has 3 aromatic carbocycles. The largest absolute Gasteiger partial charge is 0.449 e. The van der Waals surface area contributed by atoms with Crippen molar-refractivity contribution in [3.8, 4) is 22.3 Å². The van der Waals surface area contributed by atoms with Gasteiger partial charge in [-0.3, -0.25) is 4.89 Å². The fraction of sp³-hybridized carbons (Fsp3) is 0.500. The SMILES string of the molecule is CCCCCCCCCCOOC(=O)c1ccc(-c2ccccc2)c(-c2ccc(C(=O)OC(CCCCCCCC)C(F)(F)F)cc2)c1. The van der Waals surface area contributed by atoms with Gasteiger partial charge in [0, 0.05) is 0 Å². The van der Waals surface area contributed by atoms with Crippen molar-refractivity contribution < 1.29 is 37.3 Å². The topological polar surface area (TPSA) is 61.8 Å². The lowest BCUT2D eigenvalue weighted by Gasteiger charge is -2.21. The Morgan fingerprint density at radius 3 is 1.75 bits per heavy atom. The second-order valence-electron chi connectivity index (χ2n) is 12.4. The van der Waals surface area contributed by atoms with Crippen molar-refractivity contribution >= 4 is 11.9 Å². The maximum atomic E-state index is 13.7. The number of esters is 1. The zero-order chi connectivity index (χ0) is 34.6. The van der Waals surface area contributed by atoms with Gasteiger partial charge in [0.2, 0.25) is 0 Å². The van der Waals surface area contributed by atoms with E-state index in [9.17, 15) is 22.8 Å².